The first-order chi connectivity index (χ1) is 9.24. The van der Waals surface area contributed by atoms with E-state index in [1.165, 1.54) is 5.56 Å². The van der Waals surface area contributed by atoms with Crippen LogP contribution in [0, 0.1) is 11.5 Å². The van der Waals surface area contributed by atoms with Crippen molar-refractivity contribution in [3.63, 3.8) is 0 Å². The highest BCUT2D eigenvalue weighted by atomic mass is 15.0. The van der Waals surface area contributed by atoms with Crippen molar-refractivity contribution in [2.75, 3.05) is 11.9 Å². The molecule has 0 atom stereocenters. The van der Waals surface area contributed by atoms with Gasteiger partial charge in [0.25, 0.3) is 0 Å². The van der Waals surface area contributed by atoms with Crippen LogP contribution in [0.25, 0.3) is 0 Å². The van der Waals surface area contributed by atoms with E-state index in [2.05, 4.69) is 28.8 Å². The van der Waals surface area contributed by atoms with Crippen LogP contribution < -0.4 is 16.4 Å². The number of rotatable bonds is 5. The predicted molar refractivity (Wildman–Crippen MR) is 78.6 cm³/mol. The highest BCUT2D eigenvalue weighted by Gasteiger charge is 1.96. The summed E-state index contributed by atoms with van der Waals surface area (Å²) in [7, 11) is 0. The molecule has 0 aromatic heterocycles. The molecule has 5 N–H and O–H groups in total. The number of benzene rings is 2. The molecule has 0 heterocycles. The number of hydrogen-bond acceptors (Lipinski definition) is 2. The summed E-state index contributed by atoms with van der Waals surface area (Å²) in [6, 6.07) is 19.1. The number of para-hydroxylation sites is 1. The van der Waals surface area contributed by atoms with Gasteiger partial charge in [0.15, 0.2) is 5.96 Å². The predicted octanol–water partition coefficient (Wildman–Crippen LogP) is 2.26. The second kappa shape index (κ2) is 6.44. The molecule has 2 rings (SSSR count). The molecule has 4 nitrogen and oxygen atoms in total. The molecule has 0 saturated carbocycles. The van der Waals surface area contributed by atoms with Gasteiger partial charge in [-0.3, -0.25) is 5.41 Å². The Labute approximate surface area is 113 Å². The Kier molecular flexibility index (Phi) is 4.39. The lowest BCUT2D eigenvalue weighted by Crippen LogP contribution is -2.31. The van der Waals surface area contributed by atoms with Gasteiger partial charge >= 0.3 is 0 Å². The average molecular weight is 253 g/mol. The molecule has 0 spiro atoms. The fourth-order valence-electron chi connectivity index (χ4n) is 1.72. The van der Waals surface area contributed by atoms with E-state index in [9.17, 15) is 0 Å². The number of anilines is 2. The van der Waals surface area contributed by atoms with Crippen LogP contribution in [0.4, 0.5) is 11.4 Å². The molecule has 97 valence electrons. The first kappa shape index (κ1) is 13.0. The van der Waals surface area contributed by atoms with E-state index >= 15 is 0 Å². The van der Waals surface area contributed by atoms with E-state index in [4.69, 9.17) is 11.1 Å². The summed E-state index contributed by atoms with van der Waals surface area (Å²) in [5, 5.41) is 13.1. The van der Waals surface area contributed by atoms with E-state index in [1.54, 1.807) is 0 Å². The molecule has 0 bridgehead atoms. The SMILES string of the molecule is N=C(N)NCCc1ccc(Nc2[c]cccc2)cc1. The second-order valence-electron chi connectivity index (χ2n) is 4.19. The second-order valence-corrected chi connectivity index (χ2v) is 4.19. The van der Waals surface area contributed by atoms with E-state index in [0.29, 0.717) is 6.54 Å². The minimum Gasteiger partial charge on any atom is -0.370 e. The Morgan fingerprint density at radius 1 is 1.16 bits per heavy atom. The van der Waals surface area contributed by atoms with Crippen molar-refractivity contribution >= 4 is 17.3 Å². The van der Waals surface area contributed by atoms with Crippen molar-refractivity contribution in [1.29, 1.82) is 5.41 Å². The monoisotopic (exact) mass is 253 g/mol. The van der Waals surface area contributed by atoms with E-state index < -0.39 is 0 Å². The molecule has 0 amide bonds. The van der Waals surface area contributed by atoms with E-state index in [0.717, 1.165) is 17.8 Å². The highest BCUT2D eigenvalue weighted by Crippen LogP contribution is 2.16. The van der Waals surface area contributed by atoms with Crippen LogP contribution in [0.1, 0.15) is 5.56 Å². The smallest absolute Gasteiger partial charge is 0.185 e. The summed E-state index contributed by atoms with van der Waals surface area (Å²) in [5.41, 5.74) is 8.42. The van der Waals surface area contributed by atoms with Gasteiger partial charge < -0.3 is 16.4 Å². The van der Waals surface area contributed by atoms with E-state index in [-0.39, 0.29) is 5.96 Å². The fourth-order valence-corrected chi connectivity index (χ4v) is 1.72. The van der Waals surface area contributed by atoms with Gasteiger partial charge in [0.05, 0.1) is 0 Å². The number of hydrogen-bond donors (Lipinski definition) is 4. The lowest BCUT2D eigenvalue weighted by molar-refractivity contribution is 0.854. The molecule has 0 aliphatic carbocycles. The van der Waals surface area contributed by atoms with Gasteiger partial charge in [-0.15, -0.1) is 0 Å². The third kappa shape index (κ3) is 4.35. The summed E-state index contributed by atoms with van der Waals surface area (Å²) < 4.78 is 0. The average Bonchev–Trinajstić information content (AvgIpc) is 2.42. The van der Waals surface area contributed by atoms with Crippen molar-refractivity contribution in [3.8, 4) is 0 Å². The van der Waals surface area contributed by atoms with Crippen molar-refractivity contribution < 1.29 is 0 Å². The molecule has 0 unspecified atom stereocenters. The minimum atomic E-state index is 0.0119. The largest absolute Gasteiger partial charge is 0.370 e. The lowest BCUT2D eigenvalue weighted by atomic mass is 10.1. The third-order valence-corrected chi connectivity index (χ3v) is 2.67. The third-order valence-electron chi connectivity index (χ3n) is 2.67. The highest BCUT2D eigenvalue weighted by molar-refractivity contribution is 5.74. The summed E-state index contributed by atoms with van der Waals surface area (Å²) in [6.45, 7) is 0.675. The van der Waals surface area contributed by atoms with E-state index in [1.807, 2.05) is 36.4 Å². The molecule has 2 aromatic carbocycles. The summed E-state index contributed by atoms with van der Waals surface area (Å²) in [6.07, 6.45) is 0.845. The molecule has 0 aliphatic heterocycles. The molecule has 0 fully saturated rings. The van der Waals surface area contributed by atoms with Gasteiger partial charge in [-0.05, 0) is 30.2 Å². The molecule has 2 aromatic rings. The molecular formula is C15H17N4. The van der Waals surface area contributed by atoms with Crippen molar-refractivity contribution in [2.24, 2.45) is 5.73 Å². The maximum absolute atomic E-state index is 7.07. The summed E-state index contributed by atoms with van der Waals surface area (Å²) in [5.74, 6) is 0.0119. The lowest BCUT2D eigenvalue weighted by Gasteiger charge is -2.07. The van der Waals surface area contributed by atoms with Crippen molar-refractivity contribution in [1.82, 2.24) is 5.32 Å². The number of nitrogens with one attached hydrogen (secondary N) is 3. The zero-order valence-electron chi connectivity index (χ0n) is 10.6. The Bertz CT molecular complexity index is 520. The molecule has 4 heteroatoms. The van der Waals surface area contributed by atoms with Gasteiger partial charge in [0.2, 0.25) is 0 Å². The Morgan fingerprint density at radius 3 is 2.58 bits per heavy atom. The maximum Gasteiger partial charge on any atom is 0.185 e. The van der Waals surface area contributed by atoms with Crippen LogP contribution in [0.3, 0.4) is 0 Å². The summed E-state index contributed by atoms with van der Waals surface area (Å²) >= 11 is 0. The van der Waals surface area contributed by atoms with Gasteiger partial charge in [-0.2, -0.15) is 0 Å². The zero-order chi connectivity index (χ0) is 13.5. The van der Waals surface area contributed by atoms with Crippen LogP contribution in [-0.2, 0) is 6.42 Å². The first-order valence-corrected chi connectivity index (χ1v) is 6.14. The maximum atomic E-state index is 7.07. The van der Waals surface area contributed by atoms with Crippen LogP contribution in [0.2, 0.25) is 0 Å². The van der Waals surface area contributed by atoms with Crippen LogP contribution in [0.5, 0.6) is 0 Å². The molecule has 19 heavy (non-hydrogen) atoms. The Morgan fingerprint density at radius 2 is 1.95 bits per heavy atom. The Balaban J connectivity index is 1.89. The fraction of sp³-hybridized carbons (Fsp3) is 0.133. The molecule has 1 radical (unpaired) electrons. The van der Waals surface area contributed by atoms with Gasteiger partial charge in [0, 0.05) is 24.0 Å². The van der Waals surface area contributed by atoms with Crippen molar-refractivity contribution in [3.05, 3.63) is 60.2 Å². The summed E-state index contributed by atoms with van der Waals surface area (Å²) in [4.78, 5) is 0. The number of guanidine groups is 1. The van der Waals surface area contributed by atoms with Gasteiger partial charge in [0.1, 0.15) is 0 Å². The minimum absolute atomic E-state index is 0.0119. The van der Waals surface area contributed by atoms with Gasteiger partial charge in [-0.1, -0.05) is 30.3 Å². The zero-order valence-corrected chi connectivity index (χ0v) is 10.6. The van der Waals surface area contributed by atoms with Crippen molar-refractivity contribution in [2.45, 2.75) is 6.42 Å². The van der Waals surface area contributed by atoms with Crippen LogP contribution in [-0.4, -0.2) is 12.5 Å². The van der Waals surface area contributed by atoms with Crippen LogP contribution >= 0.6 is 0 Å². The normalized spacial score (nSPS) is 9.89. The molecule has 0 saturated heterocycles. The standard InChI is InChI=1S/C15H17N4/c16-15(17)18-11-10-12-6-8-14(9-7-12)19-13-4-2-1-3-5-13/h1-4,6-9,19H,10-11H2,(H4,16,17,18). The topological polar surface area (TPSA) is 73.9 Å². The van der Waals surface area contributed by atoms with Crippen LogP contribution in [0.15, 0.2) is 48.5 Å². The number of nitrogens with two attached hydrogens (primary N) is 1. The molecular weight excluding hydrogens is 236 g/mol. The van der Waals surface area contributed by atoms with Gasteiger partial charge in [-0.25, -0.2) is 0 Å². The quantitative estimate of drug-likeness (QED) is 0.488. The molecule has 0 aliphatic rings. The first-order valence-electron chi connectivity index (χ1n) is 6.14. The Hall–Kier alpha value is -2.49.